The molecular weight excluding hydrogens is 330 g/mol. The number of hydrogen-bond donors (Lipinski definition) is 2. The van der Waals surface area contributed by atoms with E-state index < -0.39 is 0 Å². The van der Waals surface area contributed by atoms with E-state index in [1.165, 1.54) is 48.1 Å². The average Bonchev–Trinajstić information content (AvgIpc) is 3.01. The molecule has 1 aromatic carbocycles. The van der Waals surface area contributed by atoms with E-state index in [0.717, 1.165) is 11.3 Å². The lowest BCUT2D eigenvalue weighted by Crippen LogP contribution is -2.18. The Labute approximate surface area is 147 Å². The maximum absolute atomic E-state index is 11.7. The second-order valence-electron chi connectivity index (χ2n) is 5.63. The van der Waals surface area contributed by atoms with Crippen molar-refractivity contribution in [2.75, 3.05) is 18.9 Å². The maximum Gasteiger partial charge on any atom is 0.227 e. The minimum absolute atomic E-state index is 0. The predicted molar refractivity (Wildman–Crippen MR) is 98.6 cm³/mol. The van der Waals surface area contributed by atoms with E-state index in [9.17, 15) is 4.79 Å². The molecule has 2 N–H and O–H groups in total. The first-order chi connectivity index (χ1) is 10.8. The van der Waals surface area contributed by atoms with Gasteiger partial charge in [-0.1, -0.05) is 12.1 Å². The van der Waals surface area contributed by atoms with Crippen molar-refractivity contribution in [2.24, 2.45) is 0 Å². The Morgan fingerprint density at radius 3 is 2.83 bits per heavy atom. The van der Waals surface area contributed by atoms with Crippen molar-refractivity contribution in [3.8, 4) is 11.3 Å². The minimum Gasteiger partial charge on any atom is -0.319 e. The molecular formula is C17H22ClN3OS. The van der Waals surface area contributed by atoms with E-state index in [1.54, 1.807) is 0 Å². The number of nitrogens with zero attached hydrogens (tertiary/aromatic N) is 1. The van der Waals surface area contributed by atoms with E-state index >= 15 is 0 Å². The maximum atomic E-state index is 11.7. The largest absolute Gasteiger partial charge is 0.319 e. The Morgan fingerprint density at radius 1 is 1.26 bits per heavy atom. The van der Waals surface area contributed by atoms with Crippen LogP contribution in [0.25, 0.3) is 11.3 Å². The van der Waals surface area contributed by atoms with E-state index in [-0.39, 0.29) is 18.3 Å². The number of amides is 1. The van der Waals surface area contributed by atoms with E-state index in [1.807, 2.05) is 12.4 Å². The number of aromatic nitrogens is 1. The number of halogens is 1. The summed E-state index contributed by atoms with van der Waals surface area (Å²) in [6.07, 6.45) is 5.40. The summed E-state index contributed by atoms with van der Waals surface area (Å²) in [5.41, 5.74) is 5.03. The third-order valence-electron chi connectivity index (χ3n) is 4.00. The number of carbonyl (C=O) groups is 1. The summed E-state index contributed by atoms with van der Waals surface area (Å²) in [5, 5.41) is 8.51. The molecule has 2 aromatic rings. The average molecular weight is 352 g/mol. The predicted octanol–water partition coefficient (Wildman–Crippen LogP) is 3.66. The summed E-state index contributed by atoms with van der Waals surface area (Å²) in [6.45, 7) is 0.675. The molecule has 6 heteroatoms. The molecule has 0 unspecified atom stereocenters. The summed E-state index contributed by atoms with van der Waals surface area (Å²) in [5.74, 6) is 0.000640. The van der Waals surface area contributed by atoms with Crippen LogP contribution in [0.1, 0.15) is 30.4 Å². The highest BCUT2D eigenvalue weighted by molar-refractivity contribution is 7.14. The molecule has 0 radical (unpaired) electrons. The second kappa shape index (κ2) is 8.43. The molecule has 124 valence electrons. The van der Waals surface area contributed by atoms with Gasteiger partial charge in [-0.2, -0.15) is 0 Å². The number of thiazole rings is 1. The van der Waals surface area contributed by atoms with Gasteiger partial charge < -0.3 is 10.6 Å². The van der Waals surface area contributed by atoms with Crippen LogP contribution in [0.3, 0.4) is 0 Å². The van der Waals surface area contributed by atoms with Gasteiger partial charge in [0.2, 0.25) is 5.91 Å². The quantitative estimate of drug-likeness (QED) is 0.864. The fourth-order valence-corrected chi connectivity index (χ4v) is 3.51. The van der Waals surface area contributed by atoms with Crippen molar-refractivity contribution in [3.63, 3.8) is 0 Å². The molecule has 3 rings (SSSR count). The normalized spacial score (nSPS) is 13.1. The zero-order chi connectivity index (χ0) is 15.4. The van der Waals surface area contributed by atoms with Crippen molar-refractivity contribution in [3.05, 3.63) is 34.7 Å². The Balaban J connectivity index is 0.00000192. The highest BCUT2D eigenvalue weighted by Gasteiger charge is 2.12. The summed E-state index contributed by atoms with van der Waals surface area (Å²) in [6, 6.07) is 6.64. The van der Waals surface area contributed by atoms with Gasteiger partial charge >= 0.3 is 0 Å². The van der Waals surface area contributed by atoms with Gasteiger partial charge in [-0.05, 0) is 49.9 Å². The standard InChI is InChI=1S/C17H21N3OS.ClH/c1-18-9-8-16(21)20-17-19-15(11-22-17)14-7-6-12-4-2-3-5-13(12)10-14;/h6-7,10-11,18H,2-5,8-9H2,1H3,(H,19,20,21);1H. The molecule has 0 saturated carbocycles. The summed E-state index contributed by atoms with van der Waals surface area (Å²) in [7, 11) is 1.84. The van der Waals surface area contributed by atoms with Crippen LogP contribution in [-0.2, 0) is 17.6 Å². The van der Waals surface area contributed by atoms with Crippen LogP contribution in [0.5, 0.6) is 0 Å². The van der Waals surface area contributed by atoms with E-state index in [2.05, 4.69) is 33.8 Å². The van der Waals surface area contributed by atoms with Crippen LogP contribution in [-0.4, -0.2) is 24.5 Å². The van der Waals surface area contributed by atoms with Crippen molar-refractivity contribution >= 4 is 34.8 Å². The molecule has 0 spiro atoms. The second-order valence-corrected chi connectivity index (χ2v) is 6.49. The van der Waals surface area contributed by atoms with Crippen molar-refractivity contribution in [1.29, 1.82) is 0 Å². The molecule has 1 aromatic heterocycles. The molecule has 0 aliphatic heterocycles. The first-order valence-electron chi connectivity index (χ1n) is 7.78. The highest BCUT2D eigenvalue weighted by atomic mass is 35.5. The molecule has 1 amide bonds. The third-order valence-corrected chi connectivity index (χ3v) is 4.75. The molecule has 1 aliphatic carbocycles. The van der Waals surface area contributed by atoms with Gasteiger partial charge in [0.1, 0.15) is 0 Å². The molecule has 0 atom stereocenters. The van der Waals surface area contributed by atoms with Gasteiger partial charge in [0, 0.05) is 23.9 Å². The SMILES string of the molecule is CNCCC(=O)Nc1nc(-c2ccc3c(c2)CCCC3)cs1.Cl. The van der Waals surface area contributed by atoms with E-state index in [0.29, 0.717) is 18.1 Å². The number of carbonyl (C=O) groups excluding carboxylic acids is 1. The minimum atomic E-state index is 0. The van der Waals surface area contributed by atoms with Gasteiger partial charge in [0.15, 0.2) is 5.13 Å². The molecule has 0 saturated heterocycles. The van der Waals surface area contributed by atoms with Crippen molar-refractivity contribution < 1.29 is 4.79 Å². The number of rotatable bonds is 5. The van der Waals surface area contributed by atoms with E-state index in [4.69, 9.17) is 0 Å². The first kappa shape index (κ1) is 17.9. The number of benzene rings is 1. The molecule has 1 heterocycles. The fourth-order valence-electron chi connectivity index (χ4n) is 2.78. The number of anilines is 1. The fraction of sp³-hybridized carbons (Fsp3) is 0.412. The Hall–Kier alpha value is -1.43. The van der Waals surface area contributed by atoms with Crippen molar-refractivity contribution in [1.82, 2.24) is 10.3 Å². The summed E-state index contributed by atoms with van der Waals surface area (Å²) < 4.78 is 0. The smallest absolute Gasteiger partial charge is 0.227 e. The molecule has 4 nitrogen and oxygen atoms in total. The number of fused-ring (bicyclic) bond motifs is 1. The summed E-state index contributed by atoms with van der Waals surface area (Å²) in [4.78, 5) is 16.3. The number of hydrogen-bond acceptors (Lipinski definition) is 4. The van der Waals surface area contributed by atoms with Gasteiger partial charge in [-0.15, -0.1) is 23.7 Å². The molecule has 0 bridgehead atoms. The Kier molecular flexibility index (Phi) is 6.57. The summed E-state index contributed by atoms with van der Waals surface area (Å²) >= 11 is 1.48. The molecule has 23 heavy (non-hydrogen) atoms. The Morgan fingerprint density at radius 2 is 2.04 bits per heavy atom. The van der Waals surface area contributed by atoms with Gasteiger partial charge in [-0.3, -0.25) is 4.79 Å². The van der Waals surface area contributed by atoms with Crippen LogP contribution in [0, 0.1) is 0 Å². The lowest BCUT2D eigenvalue weighted by Gasteiger charge is -2.16. The number of nitrogens with one attached hydrogen (secondary N) is 2. The number of aryl methyl sites for hydroxylation is 2. The zero-order valence-electron chi connectivity index (χ0n) is 13.2. The van der Waals surface area contributed by atoms with Crippen LogP contribution in [0.2, 0.25) is 0 Å². The van der Waals surface area contributed by atoms with Gasteiger partial charge in [-0.25, -0.2) is 4.98 Å². The Bertz CT molecular complexity index is 672. The monoisotopic (exact) mass is 351 g/mol. The zero-order valence-corrected chi connectivity index (χ0v) is 14.9. The third kappa shape index (κ3) is 4.53. The lowest BCUT2D eigenvalue weighted by atomic mass is 9.90. The lowest BCUT2D eigenvalue weighted by molar-refractivity contribution is -0.116. The topological polar surface area (TPSA) is 54.0 Å². The van der Waals surface area contributed by atoms with Crippen LogP contribution in [0.15, 0.2) is 23.6 Å². The highest BCUT2D eigenvalue weighted by Crippen LogP contribution is 2.29. The first-order valence-corrected chi connectivity index (χ1v) is 8.66. The van der Waals surface area contributed by atoms with Crippen LogP contribution >= 0.6 is 23.7 Å². The molecule has 0 fully saturated rings. The van der Waals surface area contributed by atoms with Crippen LogP contribution in [0.4, 0.5) is 5.13 Å². The van der Waals surface area contributed by atoms with Gasteiger partial charge in [0.25, 0.3) is 0 Å². The van der Waals surface area contributed by atoms with Crippen LogP contribution < -0.4 is 10.6 Å². The molecule has 1 aliphatic rings. The van der Waals surface area contributed by atoms with Crippen molar-refractivity contribution in [2.45, 2.75) is 32.1 Å². The van der Waals surface area contributed by atoms with Gasteiger partial charge in [0.05, 0.1) is 5.69 Å².